The molecule has 0 radical (unpaired) electrons. The zero-order valence-corrected chi connectivity index (χ0v) is 11.2. The number of hydrogen-bond acceptors (Lipinski definition) is 1. The van der Waals surface area contributed by atoms with E-state index in [2.05, 4.69) is 23.9 Å². The summed E-state index contributed by atoms with van der Waals surface area (Å²) in [7, 11) is 0. The van der Waals surface area contributed by atoms with Gasteiger partial charge < -0.3 is 23.2 Å². The molecular weight excluding hydrogens is 250 g/mol. The van der Waals surface area contributed by atoms with E-state index < -0.39 is 12.0 Å². The molecular formula is C14H20ClNO2. The fraction of sp³-hybridized carbons (Fsp3) is 0.500. The summed E-state index contributed by atoms with van der Waals surface area (Å²) in [6.07, 6.45) is 6.67. The Morgan fingerprint density at radius 3 is 2.56 bits per heavy atom. The van der Waals surface area contributed by atoms with Crippen LogP contribution < -0.4 is 18.1 Å². The Bertz CT molecular complexity index is 420. The molecule has 0 heterocycles. The highest BCUT2D eigenvalue weighted by molar-refractivity contribution is 5.71. The fourth-order valence-electron chi connectivity index (χ4n) is 2.46. The first-order chi connectivity index (χ1) is 8.16. The van der Waals surface area contributed by atoms with E-state index in [0.29, 0.717) is 6.42 Å². The summed E-state index contributed by atoms with van der Waals surface area (Å²) in [5, 5.41) is 8.86. The summed E-state index contributed by atoms with van der Waals surface area (Å²) in [5.41, 5.74) is 7.63. The molecule has 4 N–H and O–H groups in total. The summed E-state index contributed by atoms with van der Waals surface area (Å²) < 4.78 is 0. The maximum atomic E-state index is 10.8. The third-order valence-corrected chi connectivity index (χ3v) is 3.49. The smallest absolute Gasteiger partial charge is 0.362 e. The van der Waals surface area contributed by atoms with E-state index in [4.69, 9.17) is 5.11 Å². The van der Waals surface area contributed by atoms with Crippen molar-refractivity contribution < 1.29 is 28.0 Å². The molecule has 1 aliphatic carbocycles. The van der Waals surface area contributed by atoms with Crippen LogP contribution in [0, 0.1) is 0 Å². The molecule has 3 nitrogen and oxygen atoms in total. The largest absolute Gasteiger partial charge is 1.00 e. The molecule has 0 fully saturated rings. The zero-order valence-electron chi connectivity index (χ0n) is 10.5. The van der Waals surface area contributed by atoms with Crippen LogP contribution in [0.2, 0.25) is 0 Å². The average molecular weight is 270 g/mol. The van der Waals surface area contributed by atoms with E-state index in [9.17, 15) is 4.79 Å². The Balaban J connectivity index is 0.00000162. The number of carbonyl (C=O) groups is 1. The third kappa shape index (κ3) is 3.72. The minimum absolute atomic E-state index is 0. The number of aliphatic carboxylic acids is 1. The summed E-state index contributed by atoms with van der Waals surface area (Å²) >= 11 is 0. The van der Waals surface area contributed by atoms with Crippen molar-refractivity contribution >= 4 is 5.97 Å². The lowest BCUT2D eigenvalue weighted by Crippen LogP contribution is -3.00. The van der Waals surface area contributed by atoms with Crippen molar-refractivity contribution in [3.8, 4) is 0 Å². The van der Waals surface area contributed by atoms with Gasteiger partial charge in [0.25, 0.3) is 0 Å². The first-order valence-corrected chi connectivity index (χ1v) is 6.33. The molecule has 0 amide bonds. The second kappa shape index (κ2) is 6.76. The van der Waals surface area contributed by atoms with Crippen molar-refractivity contribution in [3.63, 3.8) is 0 Å². The van der Waals surface area contributed by atoms with Crippen LogP contribution in [0.1, 0.15) is 36.0 Å². The van der Waals surface area contributed by atoms with Gasteiger partial charge in [0.15, 0.2) is 6.04 Å². The highest BCUT2D eigenvalue weighted by atomic mass is 35.5. The van der Waals surface area contributed by atoms with Crippen LogP contribution in [0.15, 0.2) is 18.2 Å². The van der Waals surface area contributed by atoms with Gasteiger partial charge in [-0.25, -0.2) is 4.79 Å². The second-order valence-corrected chi connectivity index (χ2v) is 4.90. The number of aryl methyl sites for hydroxylation is 2. The summed E-state index contributed by atoms with van der Waals surface area (Å²) in [5.74, 6) is -0.819. The predicted molar refractivity (Wildman–Crippen MR) is 65.7 cm³/mol. The highest BCUT2D eigenvalue weighted by Crippen LogP contribution is 2.22. The molecule has 1 aromatic rings. The monoisotopic (exact) mass is 269 g/mol. The van der Waals surface area contributed by atoms with Crippen LogP contribution in [0.25, 0.3) is 0 Å². The molecule has 0 aromatic heterocycles. The Labute approximate surface area is 114 Å². The van der Waals surface area contributed by atoms with Gasteiger partial charge in [-0.3, -0.25) is 0 Å². The number of carboxylic acids is 1. The lowest BCUT2D eigenvalue weighted by atomic mass is 9.97. The first-order valence-electron chi connectivity index (χ1n) is 6.33. The van der Waals surface area contributed by atoms with Crippen molar-refractivity contribution in [2.45, 2.75) is 44.6 Å². The fourth-order valence-corrected chi connectivity index (χ4v) is 2.46. The Morgan fingerprint density at radius 2 is 1.89 bits per heavy atom. The number of benzene rings is 1. The number of halogens is 1. The molecule has 0 bridgehead atoms. The average Bonchev–Trinajstić information content (AvgIpc) is 2.53. The zero-order chi connectivity index (χ0) is 12.3. The van der Waals surface area contributed by atoms with Crippen molar-refractivity contribution in [1.29, 1.82) is 0 Å². The standard InChI is InChI=1S/C14H19NO2.ClH/c15-13(14(16)17)9-10-6-7-11-4-2-1-3-5-12(11)8-10;/h6-8,13H,1-5,9,15H2,(H,16,17);1H. The molecule has 0 saturated heterocycles. The molecule has 1 unspecified atom stereocenters. The van der Waals surface area contributed by atoms with Gasteiger partial charge in [0.1, 0.15) is 0 Å². The SMILES string of the molecule is [Cl-].[NH3+]C(Cc1ccc2c(c1)CCCCC2)C(=O)O. The first kappa shape index (κ1) is 15.0. The third-order valence-electron chi connectivity index (χ3n) is 3.49. The molecule has 1 aromatic carbocycles. The van der Waals surface area contributed by atoms with Crippen LogP contribution in [0.5, 0.6) is 0 Å². The molecule has 18 heavy (non-hydrogen) atoms. The van der Waals surface area contributed by atoms with Crippen molar-refractivity contribution in [2.75, 3.05) is 0 Å². The van der Waals surface area contributed by atoms with Gasteiger partial charge >= 0.3 is 5.97 Å². The lowest BCUT2D eigenvalue weighted by Gasteiger charge is -2.09. The number of hydrogen-bond donors (Lipinski definition) is 2. The van der Waals surface area contributed by atoms with E-state index in [-0.39, 0.29) is 12.4 Å². The van der Waals surface area contributed by atoms with E-state index in [1.54, 1.807) is 0 Å². The molecule has 0 spiro atoms. The van der Waals surface area contributed by atoms with Gasteiger partial charge in [-0.2, -0.15) is 0 Å². The van der Waals surface area contributed by atoms with E-state index in [1.165, 1.54) is 36.8 Å². The van der Waals surface area contributed by atoms with Crippen LogP contribution in [-0.4, -0.2) is 17.1 Å². The van der Waals surface area contributed by atoms with Crippen LogP contribution >= 0.6 is 0 Å². The molecule has 4 heteroatoms. The van der Waals surface area contributed by atoms with Crippen LogP contribution in [0.3, 0.4) is 0 Å². The van der Waals surface area contributed by atoms with Crippen LogP contribution in [0.4, 0.5) is 0 Å². The molecule has 0 saturated carbocycles. The van der Waals surface area contributed by atoms with E-state index in [1.807, 2.05) is 0 Å². The summed E-state index contributed by atoms with van der Waals surface area (Å²) in [6, 6.07) is 5.87. The van der Waals surface area contributed by atoms with Gasteiger partial charge in [-0.1, -0.05) is 24.6 Å². The number of quaternary nitrogens is 1. The molecule has 1 aliphatic rings. The Morgan fingerprint density at radius 1 is 1.22 bits per heavy atom. The van der Waals surface area contributed by atoms with Gasteiger partial charge in [0.05, 0.1) is 0 Å². The van der Waals surface area contributed by atoms with Gasteiger partial charge in [-0.15, -0.1) is 0 Å². The van der Waals surface area contributed by atoms with Gasteiger partial charge in [-0.05, 0) is 42.4 Å². The highest BCUT2D eigenvalue weighted by Gasteiger charge is 2.17. The quantitative estimate of drug-likeness (QED) is 0.636. The Kier molecular flexibility index (Phi) is 5.63. The summed E-state index contributed by atoms with van der Waals surface area (Å²) in [6.45, 7) is 0. The number of carboxylic acid groups (broad SMARTS) is 1. The molecule has 2 rings (SSSR count). The minimum Gasteiger partial charge on any atom is -1.00 e. The van der Waals surface area contributed by atoms with Crippen molar-refractivity contribution in [2.24, 2.45) is 0 Å². The minimum atomic E-state index is -0.819. The van der Waals surface area contributed by atoms with E-state index >= 15 is 0 Å². The molecule has 1 atom stereocenters. The predicted octanol–water partition coefficient (Wildman–Crippen LogP) is -1.80. The molecule has 0 aliphatic heterocycles. The lowest BCUT2D eigenvalue weighted by molar-refractivity contribution is -0.407. The van der Waals surface area contributed by atoms with Gasteiger partial charge in [0.2, 0.25) is 0 Å². The molecule has 100 valence electrons. The maximum absolute atomic E-state index is 10.8. The van der Waals surface area contributed by atoms with Gasteiger partial charge in [0, 0.05) is 6.42 Å². The Hall–Kier alpha value is -1.06. The normalized spacial score (nSPS) is 16.1. The van der Waals surface area contributed by atoms with Crippen molar-refractivity contribution in [3.05, 3.63) is 34.9 Å². The van der Waals surface area contributed by atoms with E-state index in [0.717, 1.165) is 12.0 Å². The summed E-state index contributed by atoms with van der Waals surface area (Å²) in [4.78, 5) is 10.8. The number of rotatable bonds is 3. The maximum Gasteiger partial charge on any atom is 0.362 e. The topological polar surface area (TPSA) is 64.9 Å². The van der Waals surface area contributed by atoms with Crippen molar-refractivity contribution in [1.82, 2.24) is 0 Å². The van der Waals surface area contributed by atoms with Crippen LogP contribution in [-0.2, 0) is 24.1 Å². The number of fused-ring (bicyclic) bond motifs is 1. The second-order valence-electron chi connectivity index (χ2n) is 4.90.